The van der Waals surface area contributed by atoms with E-state index in [0.29, 0.717) is 18.1 Å². The highest BCUT2D eigenvalue weighted by Gasteiger charge is 2.47. The first-order chi connectivity index (χ1) is 17.6. The van der Waals surface area contributed by atoms with Crippen LogP contribution in [0.1, 0.15) is 48.0 Å². The summed E-state index contributed by atoms with van der Waals surface area (Å²) in [4.78, 5) is 15.7. The SMILES string of the molecule is COc1cc([C@H]2OC(=O)[C@@H](CN3CCCCC3)[C@@H]2c2ccccc2Br)ccc1OCc1ccccc1. The van der Waals surface area contributed by atoms with Crippen LogP contribution in [-0.2, 0) is 16.1 Å². The number of ether oxygens (including phenoxy) is 3. The van der Waals surface area contributed by atoms with E-state index in [0.717, 1.165) is 40.8 Å². The number of methoxy groups -OCH3 is 1. The molecule has 6 heteroatoms. The van der Waals surface area contributed by atoms with Crippen molar-refractivity contribution in [3.8, 4) is 11.5 Å². The molecule has 0 spiro atoms. The summed E-state index contributed by atoms with van der Waals surface area (Å²) in [5, 5.41) is 0. The lowest BCUT2D eigenvalue weighted by molar-refractivity contribution is -0.145. The number of piperidine rings is 1. The van der Waals surface area contributed by atoms with Gasteiger partial charge in [-0.15, -0.1) is 0 Å². The van der Waals surface area contributed by atoms with Gasteiger partial charge in [-0.2, -0.15) is 0 Å². The van der Waals surface area contributed by atoms with Gasteiger partial charge >= 0.3 is 5.97 Å². The van der Waals surface area contributed by atoms with Crippen molar-refractivity contribution in [3.05, 3.63) is 94.0 Å². The van der Waals surface area contributed by atoms with Gasteiger partial charge in [-0.1, -0.05) is 76.9 Å². The number of esters is 1. The van der Waals surface area contributed by atoms with Crippen molar-refractivity contribution in [3.63, 3.8) is 0 Å². The molecule has 36 heavy (non-hydrogen) atoms. The Kier molecular flexibility index (Phi) is 7.93. The molecule has 3 aromatic carbocycles. The molecule has 0 aromatic heterocycles. The minimum Gasteiger partial charge on any atom is -0.493 e. The van der Waals surface area contributed by atoms with Gasteiger partial charge in [0.2, 0.25) is 0 Å². The predicted octanol–water partition coefficient (Wildman–Crippen LogP) is 6.52. The summed E-state index contributed by atoms with van der Waals surface area (Å²) in [7, 11) is 1.64. The Balaban J connectivity index is 1.43. The number of rotatable bonds is 8. The van der Waals surface area contributed by atoms with E-state index in [1.165, 1.54) is 19.3 Å². The predicted molar refractivity (Wildman–Crippen MR) is 143 cm³/mol. The second kappa shape index (κ2) is 11.5. The monoisotopic (exact) mass is 549 g/mol. The molecule has 2 aliphatic heterocycles. The van der Waals surface area contributed by atoms with Crippen LogP contribution in [-0.4, -0.2) is 37.6 Å². The molecule has 0 saturated carbocycles. The molecule has 0 N–H and O–H groups in total. The molecule has 2 saturated heterocycles. The van der Waals surface area contributed by atoms with Crippen LogP contribution in [0.25, 0.3) is 0 Å². The van der Waals surface area contributed by atoms with Gasteiger partial charge in [-0.25, -0.2) is 0 Å². The Morgan fingerprint density at radius 2 is 1.69 bits per heavy atom. The lowest BCUT2D eigenvalue weighted by Gasteiger charge is -2.30. The lowest BCUT2D eigenvalue weighted by Crippen LogP contribution is -2.37. The number of hydrogen-bond donors (Lipinski definition) is 0. The zero-order chi connectivity index (χ0) is 24.9. The summed E-state index contributed by atoms with van der Waals surface area (Å²) in [5.74, 6) is 0.832. The van der Waals surface area contributed by atoms with Crippen molar-refractivity contribution in [2.24, 2.45) is 5.92 Å². The quantitative estimate of drug-likeness (QED) is 0.299. The summed E-state index contributed by atoms with van der Waals surface area (Å²) in [5.41, 5.74) is 3.09. The Morgan fingerprint density at radius 3 is 2.44 bits per heavy atom. The number of cyclic esters (lactones) is 1. The van der Waals surface area contributed by atoms with Crippen molar-refractivity contribution in [1.29, 1.82) is 0 Å². The van der Waals surface area contributed by atoms with Gasteiger partial charge in [0.25, 0.3) is 0 Å². The smallest absolute Gasteiger partial charge is 0.311 e. The van der Waals surface area contributed by atoms with Crippen LogP contribution in [0.15, 0.2) is 77.3 Å². The van der Waals surface area contributed by atoms with Crippen LogP contribution < -0.4 is 9.47 Å². The van der Waals surface area contributed by atoms with Crippen LogP contribution in [0, 0.1) is 5.92 Å². The molecule has 5 rings (SSSR count). The first-order valence-corrected chi connectivity index (χ1v) is 13.5. The average Bonchev–Trinajstić information content (AvgIpc) is 3.24. The highest BCUT2D eigenvalue weighted by atomic mass is 79.9. The van der Waals surface area contributed by atoms with Crippen molar-refractivity contribution in [2.45, 2.75) is 37.9 Å². The third kappa shape index (κ3) is 5.45. The average molecular weight is 550 g/mol. The number of nitrogens with zero attached hydrogens (tertiary/aromatic N) is 1. The molecule has 2 aliphatic rings. The number of halogens is 1. The number of hydrogen-bond acceptors (Lipinski definition) is 5. The molecule has 0 radical (unpaired) electrons. The molecule has 3 atom stereocenters. The maximum atomic E-state index is 13.3. The van der Waals surface area contributed by atoms with E-state index in [1.54, 1.807) is 7.11 Å². The van der Waals surface area contributed by atoms with Gasteiger partial charge in [-0.3, -0.25) is 4.79 Å². The zero-order valence-electron chi connectivity index (χ0n) is 20.6. The summed E-state index contributed by atoms with van der Waals surface area (Å²) in [6, 6.07) is 24.1. The second-order valence-corrected chi connectivity index (χ2v) is 10.4. The van der Waals surface area contributed by atoms with Crippen LogP contribution in [0.2, 0.25) is 0 Å². The number of benzene rings is 3. The van der Waals surface area contributed by atoms with Crippen molar-refractivity contribution >= 4 is 21.9 Å². The van der Waals surface area contributed by atoms with Crippen LogP contribution in [0.3, 0.4) is 0 Å². The largest absolute Gasteiger partial charge is 0.493 e. The van der Waals surface area contributed by atoms with E-state index in [1.807, 2.05) is 66.7 Å². The third-order valence-corrected chi connectivity index (χ3v) is 7.95. The van der Waals surface area contributed by atoms with E-state index >= 15 is 0 Å². The summed E-state index contributed by atoms with van der Waals surface area (Å²) in [6.07, 6.45) is 3.24. The second-order valence-electron chi connectivity index (χ2n) is 9.56. The van der Waals surface area contributed by atoms with E-state index in [2.05, 4.69) is 26.9 Å². The summed E-state index contributed by atoms with van der Waals surface area (Å²) >= 11 is 3.74. The molecule has 0 unspecified atom stereocenters. The van der Waals surface area contributed by atoms with Gasteiger partial charge < -0.3 is 19.1 Å². The Labute approximate surface area is 221 Å². The van der Waals surface area contributed by atoms with Gasteiger partial charge in [-0.05, 0) is 60.8 Å². The van der Waals surface area contributed by atoms with Crippen molar-refractivity contribution in [2.75, 3.05) is 26.7 Å². The zero-order valence-corrected chi connectivity index (χ0v) is 22.2. The van der Waals surface area contributed by atoms with E-state index < -0.39 is 6.10 Å². The molecule has 0 amide bonds. The number of carbonyl (C=O) groups excluding carboxylic acids is 1. The van der Waals surface area contributed by atoms with Crippen LogP contribution in [0.4, 0.5) is 0 Å². The van der Waals surface area contributed by atoms with Crippen molar-refractivity contribution < 1.29 is 19.0 Å². The molecule has 5 nitrogen and oxygen atoms in total. The topological polar surface area (TPSA) is 48.0 Å². The molecule has 2 fully saturated rings. The number of likely N-dealkylation sites (tertiary alicyclic amines) is 1. The molecular weight excluding hydrogens is 518 g/mol. The molecule has 188 valence electrons. The fourth-order valence-electron chi connectivity index (χ4n) is 5.37. The maximum Gasteiger partial charge on any atom is 0.311 e. The van der Waals surface area contributed by atoms with E-state index in [4.69, 9.17) is 14.2 Å². The summed E-state index contributed by atoms with van der Waals surface area (Å²) in [6.45, 7) is 3.25. The Morgan fingerprint density at radius 1 is 0.944 bits per heavy atom. The molecule has 0 bridgehead atoms. The molecule has 2 heterocycles. The minimum atomic E-state index is -0.400. The highest BCUT2D eigenvalue weighted by molar-refractivity contribution is 9.10. The lowest BCUT2D eigenvalue weighted by atomic mass is 9.81. The highest BCUT2D eigenvalue weighted by Crippen LogP contribution is 2.49. The molecule has 3 aromatic rings. The van der Waals surface area contributed by atoms with Gasteiger partial charge in [0.1, 0.15) is 12.7 Å². The fraction of sp³-hybridized carbons (Fsp3) is 0.367. The van der Waals surface area contributed by atoms with Gasteiger partial charge in [0.05, 0.1) is 13.0 Å². The Hall–Kier alpha value is -2.83. The van der Waals surface area contributed by atoms with E-state index in [9.17, 15) is 4.79 Å². The van der Waals surface area contributed by atoms with Gasteiger partial charge in [0, 0.05) is 16.9 Å². The van der Waals surface area contributed by atoms with Crippen LogP contribution in [0.5, 0.6) is 11.5 Å². The number of carbonyl (C=O) groups is 1. The third-order valence-electron chi connectivity index (χ3n) is 7.23. The van der Waals surface area contributed by atoms with Crippen LogP contribution >= 0.6 is 15.9 Å². The summed E-state index contributed by atoms with van der Waals surface area (Å²) < 4.78 is 18.9. The Bertz CT molecular complexity index is 1180. The first kappa shape index (κ1) is 24.8. The van der Waals surface area contributed by atoms with Gasteiger partial charge in [0.15, 0.2) is 11.5 Å². The molecular formula is C30H32BrNO4. The maximum absolute atomic E-state index is 13.3. The fourth-order valence-corrected chi connectivity index (χ4v) is 5.92. The normalized spacial score (nSPS) is 22.3. The van der Waals surface area contributed by atoms with Crippen molar-refractivity contribution in [1.82, 2.24) is 4.90 Å². The first-order valence-electron chi connectivity index (χ1n) is 12.7. The standard InChI is InChI=1S/C30H32BrNO4/c1-34-27-18-22(14-15-26(27)35-20-21-10-4-2-5-11-21)29-28(23-12-6-7-13-25(23)31)24(30(33)36-29)19-32-16-8-3-9-17-32/h2,4-7,10-15,18,24,28-29H,3,8-9,16-17,19-20H2,1H3/t24-,28-,29+/m0/s1. The molecule has 0 aliphatic carbocycles. The van der Waals surface area contributed by atoms with E-state index in [-0.39, 0.29) is 17.8 Å². The minimum absolute atomic E-state index is 0.101.